The second-order valence-electron chi connectivity index (χ2n) is 5.44. The summed E-state index contributed by atoms with van der Waals surface area (Å²) in [5.41, 5.74) is 5.49. The zero-order chi connectivity index (χ0) is 14.7. The fraction of sp³-hybridized carbons (Fsp3) is 0.333. The summed E-state index contributed by atoms with van der Waals surface area (Å²) in [6.45, 7) is 5.14. The Morgan fingerprint density at radius 1 is 1.14 bits per heavy atom. The standard InChI is InChI=1S/C18H21BrN2/c1-2-20-13-15-9-10-16(19)12-18(15)21-11-5-7-14-6-3-4-8-17(14)21/h3-4,6,8-10,12,20H,2,5,7,11,13H2,1H3. The fourth-order valence-electron chi connectivity index (χ4n) is 2.98. The molecule has 2 nitrogen and oxygen atoms in total. The molecule has 0 spiro atoms. The number of hydrogen-bond donors (Lipinski definition) is 1. The average Bonchev–Trinajstić information content (AvgIpc) is 2.53. The Labute approximate surface area is 135 Å². The van der Waals surface area contributed by atoms with Crippen molar-refractivity contribution in [1.29, 1.82) is 0 Å². The Kier molecular flexibility index (Phi) is 4.61. The molecule has 110 valence electrons. The molecule has 1 N–H and O–H groups in total. The number of fused-ring (bicyclic) bond motifs is 1. The molecular formula is C18H21BrN2. The summed E-state index contributed by atoms with van der Waals surface area (Å²) in [4.78, 5) is 2.47. The van der Waals surface area contributed by atoms with E-state index < -0.39 is 0 Å². The maximum absolute atomic E-state index is 3.62. The van der Waals surface area contributed by atoms with Crippen molar-refractivity contribution in [3.05, 3.63) is 58.1 Å². The van der Waals surface area contributed by atoms with Gasteiger partial charge in [0.15, 0.2) is 0 Å². The Morgan fingerprint density at radius 2 is 2.00 bits per heavy atom. The van der Waals surface area contributed by atoms with Crippen LogP contribution < -0.4 is 10.2 Å². The molecule has 0 aliphatic carbocycles. The molecule has 0 radical (unpaired) electrons. The van der Waals surface area contributed by atoms with Gasteiger partial charge in [-0.15, -0.1) is 0 Å². The van der Waals surface area contributed by atoms with Gasteiger partial charge in [-0.1, -0.05) is 47.1 Å². The van der Waals surface area contributed by atoms with E-state index in [4.69, 9.17) is 0 Å². The highest BCUT2D eigenvalue weighted by molar-refractivity contribution is 9.10. The van der Waals surface area contributed by atoms with Gasteiger partial charge in [-0.2, -0.15) is 0 Å². The molecule has 3 rings (SSSR count). The third kappa shape index (κ3) is 3.14. The van der Waals surface area contributed by atoms with E-state index in [9.17, 15) is 0 Å². The van der Waals surface area contributed by atoms with Gasteiger partial charge in [0.25, 0.3) is 0 Å². The number of nitrogens with one attached hydrogen (secondary N) is 1. The molecule has 2 aromatic rings. The van der Waals surface area contributed by atoms with E-state index in [2.05, 4.69) is 75.5 Å². The van der Waals surface area contributed by atoms with Gasteiger partial charge in [-0.3, -0.25) is 0 Å². The molecule has 0 saturated heterocycles. The molecule has 0 unspecified atom stereocenters. The van der Waals surface area contributed by atoms with E-state index in [1.807, 2.05) is 0 Å². The number of anilines is 2. The lowest BCUT2D eigenvalue weighted by Crippen LogP contribution is -2.26. The second-order valence-corrected chi connectivity index (χ2v) is 6.35. The first-order chi connectivity index (χ1) is 10.3. The summed E-state index contributed by atoms with van der Waals surface area (Å²) < 4.78 is 1.14. The van der Waals surface area contributed by atoms with Crippen LogP contribution in [-0.2, 0) is 13.0 Å². The third-order valence-electron chi connectivity index (χ3n) is 4.01. The van der Waals surface area contributed by atoms with E-state index in [1.165, 1.54) is 35.3 Å². The van der Waals surface area contributed by atoms with E-state index in [1.54, 1.807) is 0 Å². The quantitative estimate of drug-likeness (QED) is 0.868. The van der Waals surface area contributed by atoms with E-state index >= 15 is 0 Å². The molecule has 3 heteroatoms. The lowest BCUT2D eigenvalue weighted by atomic mass is 10.00. The van der Waals surface area contributed by atoms with Gasteiger partial charge in [0.1, 0.15) is 0 Å². The van der Waals surface area contributed by atoms with Crippen molar-refractivity contribution < 1.29 is 0 Å². The topological polar surface area (TPSA) is 15.3 Å². The zero-order valence-corrected chi connectivity index (χ0v) is 14.0. The summed E-state index contributed by atoms with van der Waals surface area (Å²) in [6, 6.07) is 15.4. The van der Waals surface area contributed by atoms with Gasteiger partial charge in [-0.25, -0.2) is 0 Å². The number of rotatable bonds is 4. The van der Waals surface area contributed by atoms with Crippen LogP contribution in [0.3, 0.4) is 0 Å². The second kappa shape index (κ2) is 6.63. The van der Waals surface area contributed by atoms with Crippen LogP contribution in [0.25, 0.3) is 0 Å². The Hall–Kier alpha value is -1.32. The first-order valence-corrected chi connectivity index (χ1v) is 8.43. The lowest BCUT2D eigenvalue weighted by Gasteiger charge is -2.33. The molecule has 0 fully saturated rings. The zero-order valence-electron chi connectivity index (χ0n) is 12.4. The molecule has 0 amide bonds. The van der Waals surface area contributed by atoms with Crippen molar-refractivity contribution >= 4 is 27.3 Å². The highest BCUT2D eigenvalue weighted by atomic mass is 79.9. The van der Waals surface area contributed by atoms with Gasteiger partial charge in [-0.05, 0) is 48.7 Å². The predicted octanol–water partition coefficient (Wildman–Crippen LogP) is 4.64. The Morgan fingerprint density at radius 3 is 2.86 bits per heavy atom. The van der Waals surface area contributed by atoms with Crippen LogP contribution in [0.1, 0.15) is 24.5 Å². The maximum Gasteiger partial charge on any atom is 0.0467 e. The minimum atomic E-state index is 0.914. The van der Waals surface area contributed by atoms with Crippen LogP contribution in [0.2, 0.25) is 0 Å². The first-order valence-electron chi connectivity index (χ1n) is 7.64. The van der Waals surface area contributed by atoms with Gasteiger partial charge in [0.05, 0.1) is 0 Å². The van der Waals surface area contributed by atoms with Crippen molar-refractivity contribution in [2.45, 2.75) is 26.3 Å². The molecule has 0 atom stereocenters. The monoisotopic (exact) mass is 344 g/mol. The van der Waals surface area contributed by atoms with Crippen molar-refractivity contribution in [2.75, 3.05) is 18.0 Å². The Bertz CT molecular complexity index is 624. The lowest BCUT2D eigenvalue weighted by molar-refractivity contribution is 0.717. The number of benzene rings is 2. The van der Waals surface area contributed by atoms with E-state index in [-0.39, 0.29) is 0 Å². The molecule has 1 aliphatic rings. The molecule has 0 saturated carbocycles. The Balaban J connectivity index is 2.02. The van der Waals surface area contributed by atoms with E-state index in [0.717, 1.165) is 24.1 Å². The van der Waals surface area contributed by atoms with Crippen molar-refractivity contribution in [3.63, 3.8) is 0 Å². The summed E-state index contributed by atoms with van der Waals surface area (Å²) in [5, 5.41) is 3.45. The summed E-state index contributed by atoms with van der Waals surface area (Å²) in [7, 11) is 0. The highest BCUT2D eigenvalue weighted by Crippen LogP contribution is 2.36. The number of aryl methyl sites for hydroxylation is 1. The predicted molar refractivity (Wildman–Crippen MR) is 93.3 cm³/mol. The highest BCUT2D eigenvalue weighted by Gasteiger charge is 2.20. The van der Waals surface area contributed by atoms with Crippen molar-refractivity contribution in [3.8, 4) is 0 Å². The van der Waals surface area contributed by atoms with Crippen LogP contribution in [0.4, 0.5) is 11.4 Å². The molecule has 21 heavy (non-hydrogen) atoms. The maximum atomic E-state index is 3.62. The molecular weight excluding hydrogens is 324 g/mol. The van der Waals surface area contributed by atoms with Gasteiger partial charge < -0.3 is 10.2 Å². The molecule has 0 bridgehead atoms. The third-order valence-corrected chi connectivity index (χ3v) is 4.51. The first kappa shape index (κ1) is 14.6. The SMILES string of the molecule is CCNCc1ccc(Br)cc1N1CCCc2ccccc21. The molecule has 1 heterocycles. The minimum absolute atomic E-state index is 0.914. The molecule has 0 aromatic heterocycles. The smallest absolute Gasteiger partial charge is 0.0467 e. The van der Waals surface area contributed by atoms with Crippen LogP contribution >= 0.6 is 15.9 Å². The minimum Gasteiger partial charge on any atom is -0.341 e. The van der Waals surface area contributed by atoms with Crippen LogP contribution in [0.15, 0.2) is 46.9 Å². The number of para-hydroxylation sites is 1. The van der Waals surface area contributed by atoms with Crippen LogP contribution in [0.5, 0.6) is 0 Å². The van der Waals surface area contributed by atoms with Crippen LogP contribution in [0, 0.1) is 0 Å². The van der Waals surface area contributed by atoms with Crippen LogP contribution in [-0.4, -0.2) is 13.1 Å². The number of halogens is 1. The number of hydrogen-bond acceptors (Lipinski definition) is 2. The summed E-state index contributed by atoms with van der Waals surface area (Å²) in [6.07, 6.45) is 2.40. The van der Waals surface area contributed by atoms with Gasteiger partial charge in [0, 0.05) is 28.9 Å². The van der Waals surface area contributed by atoms with Crippen molar-refractivity contribution in [2.24, 2.45) is 0 Å². The normalized spacial score (nSPS) is 14.1. The van der Waals surface area contributed by atoms with E-state index in [0.29, 0.717) is 0 Å². The fourth-order valence-corrected chi connectivity index (χ4v) is 3.33. The average molecular weight is 345 g/mol. The van der Waals surface area contributed by atoms with Gasteiger partial charge in [0.2, 0.25) is 0 Å². The molecule has 2 aromatic carbocycles. The summed E-state index contributed by atoms with van der Waals surface area (Å²) in [5.74, 6) is 0. The largest absolute Gasteiger partial charge is 0.341 e. The van der Waals surface area contributed by atoms with Crippen molar-refractivity contribution in [1.82, 2.24) is 5.32 Å². The summed E-state index contributed by atoms with van der Waals surface area (Å²) >= 11 is 3.62. The number of nitrogens with zero attached hydrogens (tertiary/aromatic N) is 1. The molecule has 1 aliphatic heterocycles. The van der Waals surface area contributed by atoms with Gasteiger partial charge >= 0.3 is 0 Å².